The number of nitrogens with two attached hydrogens (primary N) is 1. The lowest BCUT2D eigenvalue weighted by molar-refractivity contribution is -0.140. The molecule has 4 rings (SSSR count). The van der Waals surface area contributed by atoms with E-state index < -0.39 is 18.4 Å². The number of benzene rings is 2. The summed E-state index contributed by atoms with van der Waals surface area (Å²) in [6, 6.07) is 10.6. The molecule has 0 unspecified atom stereocenters. The van der Waals surface area contributed by atoms with Crippen molar-refractivity contribution in [3.8, 4) is 11.8 Å². The second-order valence-corrected chi connectivity index (χ2v) is 7.98. The van der Waals surface area contributed by atoms with E-state index in [2.05, 4.69) is 14.8 Å². The molecule has 2 aromatic carbocycles. The molecule has 10 nitrogen and oxygen atoms in total. The quantitative estimate of drug-likeness (QED) is 0.423. The number of amides is 2. The number of nitrogens with zero attached hydrogens (tertiary/aromatic N) is 6. The molecule has 2 aromatic heterocycles. The molecule has 0 aliphatic carbocycles. The van der Waals surface area contributed by atoms with Crippen LogP contribution in [0.2, 0.25) is 0 Å². The summed E-state index contributed by atoms with van der Waals surface area (Å²) in [7, 11) is 3.13. The molecular formula is C24H21F2N7O3. The number of anilines is 1. The predicted molar refractivity (Wildman–Crippen MR) is 127 cm³/mol. The van der Waals surface area contributed by atoms with Crippen LogP contribution in [0.25, 0.3) is 21.8 Å². The third-order valence-corrected chi connectivity index (χ3v) is 5.74. The third kappa shape index (κ3) is 4.46. The molecule has 0 fully saturated rings. The van der Waals surface area contributed by atoms with Crippen LogP contribution in [-0.2, 0) is 18.4 Å². The number of rotatable bonds is 5. The summed E-state index contributed by atoms with van der Waals surface area (Å²) >= 11 is 0. The van der Waals surface area contributed by atoms with E-state index in [1.54, 1.807) is 30.1 Å². The van der Waals surface area contributed by atoms with Gasteiger partial charge in [0.15, 0.2) is 0 Å². The maximum atomic E-state index is 13.6. The highest BCUT2D eigenvalue weighted by Gasteiger charge is 2.25. The Hall–Kier alpha value is -4.79. The lowest BCUT2D eigenvalue weighted by Gasteiger charge is -2.32. The van der Waals surface area contributed by atoms with Crippen LogP contribution in [0.3, 0.4) is 0 Å². The molecule has 12 heteroatoms. The number of alkyl halides is 2. The number of nitriles is 1. The van der Waals surface area contributed by atoms with Gasteiger partial charge >= 0.3 is 6.61 Å². The largest absolute Gasteiger partial charge is 0.434 e. The first-order valence-electron chi connectivity index (χ1n) is 10.7. The second-order valence-electron chi connectivity index (χ2n) is 7.98. The van der Waals surface area contributed by atoms with Crippen LogP contribution in [0, 0.1) is 11.3 Å². The Bertz CT molecular complexity index is 1540. The number of carbonyl (C=O) groups excluding carboxylic acids is 2. The van der Waals surface area contributed by atoms with Crippen LogP contribution in [0.5, 0.6) is 5.75 Å². The summed E-state index contributed by atoms with van der Waals surface area (Å²) in [6.45, 7) is -2.15. The second kappa shape index (κ2) is 9.46. The monoisotopic (exact) mass is 493 g/mol. The highest BCUT2D eigenvalue weighted by atomic mass is 19.3. The summed E-state index contributed by atoms with van der Waals surface area (Å²) in [4.78, 5) is 30.2. The lowest BCUT2D eigenvalue weighted by Crippen LogP contribution is -2.46. The van der Waals surface area contributed by atoms with Gasteiger partial charge in [-0.3, -0.25) is 19.3 Å². The lowest BCUT2D eigenvalue weighted by atomic mass is 10.1. The fourth-order valence-corrected chi connectivity index (χ4v) is 3.85. The third-order valence-electron chi connectivity index (χ3n) is 5.74. The number of nitrogen functional groups attached to an aromatic ring is 1. The Morgan fingerprint density at radius 3 is 2.64 bits per heavy atom. The Kier molecular flexibility index (Phi) is 6.39. The summed E-state index contributed by atoms with van der Waals surface area (Å²) in [6.07, 6.45) is 1.58. The van der Waals surface area contributed by atoms with Gasteiger partial charge in [0.25, 0.3) is 5.91 Å². The minimum absolute atomic E-state index is 0.105. The highest BCUT2D eigenvalue weighted by molar-refractivity contribution is 6.10. The normalized spacial score (nSPS) is 11.0. The predicted octanol–water partition coefficient (Wildman–Crippen LogP) is 3.21. The summed E-state index contributed by atoms with van der Waals surface area (Å²) in [5.74, 6) is -1.00. The molecule has 184 valence electrons. The first kappa shape index (κ1) is 24.3. The van der Waals surface area contributed by atoms with Crippen molar-refractivity contribution in [1.29, 1.82) is 5.26 Å². The van der Waals surface area contributed by atoms with Crippen LogP contribution >= 0.6 is 0 Å². The highest BCUT2D eigenvalue weighted by Crippen LogP contribution is 2.29. The molecule has 0 saturated carbocycles. The van der Waals surface area contributed by atoms with Crippen molar-refractivity contribution in [3.63, 3.8) is 0 Å². The fourth-order valence-electron chi connectivity index (χ4n) is 3.85. The average molecular weight is 493 g/mol. The van der Waals surface area contributed by atoms with Crippen molar-refractivity contribution < 1.29 is 23.1 Å². The van der Waals surface area contributed by atoms with Gasteiger partial charge < -0.3 is 10.5 Å². The van der Waals surface area contributed by atoms with E-state index in [0.717, 1.165) is 16.1 Å². The first-order chi connectivity index (χ1) is 17.1. The van der Waals surface area contributed by atoms with Crippen molar-refractivity contribution in [2.24, 2.45) is 7.05 Å². The van der Waals surface area contributed by atoms with E-state index in [-0.39, 0.29) is 29.0 Å². The zero-order chi connectivity index (χ0) is 26.1. The van der Waals surface area contributed by atoms with E-state index in [0.29, 0.717) is 27.6 Å². The minimum atomic E-state index is -3.14. The number of carbonyl (C=O) groups is 2. The van der Waals surface area contributed by atoms with E-state index in [4.69, 9.17) is 11.0 Å². The molecule has 2 heterocycles. The van der Waals surface area contributed by atoms with Crippen LogP contribution in [0.1, 0.15) is 28.4 Å². The fraction of sp³-hybridized carbons (Fsp3) is 0.208. The standard InChI is InChI=1S/C24H21F2N7O3/c1-13(34)32(3)33(12-16-5-4-14(10-27)8-20(16)36-24(25)26)23(35)15-6-7-19-17(9-15)21-18(22(28)30-19)11-29-31(21)2/h4-9,11,24H,12H2,1-3H3,(H2,28,30). The molecule has 0 atom stereocenters. The van der Waals surface area contributed by atoms with Crippen molar-refractivity contribution in [2.45, 2.75) is 20.1 Å². The molecule has 0 saturated heterocycles. The number of aryl methyl sites for hydroxylation is 1. The molecule has 0 radical (unpaired) electrons. The smallest absolute Gasteiger partial charge is 0.387 e. The molecule has 4 aromatic rings. The number of pyridine rings is 1. The molecule has 2 N–H and O–H groups in total. The Labute approximate surface area is 204 Å². The van der Waals surface area contributed by atoms with Crippen LogP contribution < -0.4 is 10.5 Å². The maximum absolute atomic E-state index is 13.6. The topological polar surface area (TPSA) is 130 Å². The Balaban J connectivity index is 1.80. The van der Waals surface area contributed by atoms with Gasteiger partial charge in [-0.2, -0.15) is 19.1 Å². The number of hydrazine groups is 1. The van der Waals surface area contributed by atoms with Gasteiger partial charge in [-0.25, -0.2) is 9.99 Å². The van der Waals surface area contributed by atoms with Gasteiger partial charge in [0.05, 0.1) is 40.8 Å². The molecule has 36 heavy (non-hydrogen) atoms. The maximum Gasteiger partial charge on any atom is 0.387 e. The Morgan fingerprint density at radius 2 is 1.97 bits per heavy atom. The van der Waals surface area contributed by atoms with Gasteiger partial charge in [-0.1, -0.05) is 6.07 Å². The minimum Gasteiger partial charge on any atom is -0.434 e. The van der Waals surface area contributed by atoms with Crippen molar-refractivity contribution in [3.05, 3.63) is 59.3 Å². The molecular weight excluding hydrogens is 472 g/mol. The molecule has 0 aliphatic rings. The van der Waals surface area contributed by atoms with Gasteiger partial charge in [-0.05, 0) is 30.3 Å². The van der Waals surface area contributed by atoms with Gasteiger partial charge in [0.1, 0.15) is 11.6 Å². The molecule has 0 spiro atoms. The summed E-state index contributed by atoms with van der Waals surface area (Å²) in [5.41, 5.74) is 7.77. The van der Waals surface area contributed by atoms with Gasteiger partial charge in [0, 0.05) is 37.5 Å². The molecule has 2 amide bonds. The van der Waals surface area contributed by atoms with E-state index in [1.165, 1.54) is 32.2 Å². The van der Waals surface area contributed by atoms with E-state index in [1.807, 2.05) is 6.07 Å². The van der Waals surface area contributed by atoms with Gasteiger partial charge in [-0.15, -0.1) is 0 Å². The molecule has 0 aliphatic heterocycles. The van der Waals surface area contributed by atoms with Crippen molar-refractivity contribution in [1.82, 2.24) is 24.8 Å². The summed E-state index contributed by atoms with van der Waals surface area (Å²) < 4.78 is 32.2. The van der Waals surface area contributed by atoms with Crippen molar-refractivity contribution in [2.75, 3.05) is 12.8 Å². The van der Waals surface area contributed by atoms with Crippen LogP contribution in [-0.4, -0.2) is 50.3 Å². The number of hydrogen-bond acceptors (Lipinski definition) is 7. The number of ether oxygens (including phenoxy) is 1. The number of hydrogen-bond donors (Lipinski definition) is 1. The van der Waals surface area contributed by atoms with Crippen LogP contribution in [0.15, 0.2) is 42.6 Å². The van der Waals surface area contributed by atoms with Crippen LogP contribution in [0.4, 0.5) is 14.6 Å². The molecule has 0 bridgehead atoms. The van der Waals surface area contributed by atoms with E-state index >= 15 is 0 Å². The van der Waals surface area contributed by atoms with E-state index in [9.17, 15) is 18.4 Å². The van der Waals surface area contributed by atoms with Crippen molar-refractivity contribution >= 4 is 39.4 Å². The average Bonchev–Trinajstić information content (AvgIpc) is 3.24. The number of fused-ring (bicyclic) bond motifs is 3. The number of halogens is 2. The van der Waals surface area contributed by atoms with Gasteiger partial charge in [0.2, 0.25) is 5.91 Å². The number of aromatic nitrogens is 3. The SMILES string of the molecule is CC(=O)N(C)N(Cc1ccc(C#N)cc1OC(F)F)C(=O)c1ccc2nc(N)c3cnn(C)c3c2c1. The summed E-state index contributed by atoms with van der Waals surface area (Å²) in [5, 5.41) is 16.8. The first-order valence-corrected chi connectivity index (χ1v) is 10.7. The zero-order valence-corrected chi connectivity index (χ0v) is 19.6. The zero-order valence-electron chi connectivity index (χ0n) is 19.6. The Morgan fingerprint density at radius 1 is 1.22 bits per heavy atom.